The van der Waals surface area contributed by atoms with Crippen LogP contribution in [0, 0.1) is 0 Å². The smallest absolute Gasteiger partial charge is 0.194 e. The van der Waals surface area contributed by atoms with Crippen LogP contribution < -0.4 is 5.32 Å². The highest BCUT2D eigenvalue weighted by Gasteiger charge is 2.30. The summed E-state index contributed by atoms with van der Waals surface area (Å²) >= 11 is 1.84. The molecule has 0 amide bonds. The number of furan rings is 1. The Labute approximate surface area is 250 Å². The minimum atomic E-state index is -0.289. The predicted octanol–water partition coefficient (Wildman–Crippen LogP) is 10.5. The van der Waals surface area contributed by atoms with Crippen LogP contribution in [0.25, 0.3) is 63.7 Å². The molecule has 1 aliphatic rings. The molecule has 0 saturated carbocycles. The molecule has 1 aliphatic heterocycles. The Morgan fingerprint density at radius 1 is 0.605 bits per heavy atom. The van der Waals surface area contributed by atoms with E-state index in [4.69, 9.17) is 9.41 Å². The third-order valence-corrected chi connectivity index (χ3v) is 9.95. The minimum absolute atomic E-state index is 0.289. The zero-order chi connectivity index (χ0) is 28.1. The van der Waals surface area contributed by atoms with Gasteiger partial charge in [0.25, 0.3) is 0 Å². The maximum absolute atomic E-state index is 6.60. The van der Waals surface area contributed by atoms with Crippen molar-refractivity contribution in [3.8, 4) is 0 Å². The van der Waals surface area contributed by atoms with E-state index in [1.165, 1.54) is 41.7 Å². The molecule has 0 bridgehead atoms. The van der Waals surface area contributed by atoms with Crippen LogP contribution in [0.3, 0.4) is 0 Å². The van der Waals surface area contributed by atoms with Gasteiger partial charge in [-0.1, -0.05) is 78.9 Å². The molecule has 1 atom stereocenters. The SMILES string of the molecule is c1ccc2cc3c(cc2c1)c1ccccc1n3C1=NC(c2ccc3sc4ccccc4c3c2)Nc2c1oc1ccccc21. The Bertz CT molecular complexity index is 2620. The number of thiophene rings is 1. The number of aromatic nitrogens is 1. The van der Waals surface area contributed by atoms with Gasteiger partial charge >= 0.3 is 0 Å². The van der Waals surface area contributed by atoms with Crippen LogP contribution in [0.5, 0.6) is 0 Å². The largest absolute Gasteiger partial charge is 0.451 e. The highest BCUT2D eigenvalue weighted by Crippen LogP contribution is 2.42. The average molecular weight is 570 g/mol. The number of hydrogen-bond donors (Lipinski definition) is 1. The Morgan fingerprint density at radius 2 is 1.33 bits per heavy atom. The van der Waals surface area contributed by atoms with E-state index < -0.39 is 0 Å². The highest BCUT2D eigenvalue weighted by molar-refractivity contribution is 7.25. The van der Waals surface area contributed by atoms with E-state index in [1.807, 2.05) is 23.5 Å². The van der Waals surface area contributed by atoms with Crippen molar-refractivity contribution in [2.45, 2.75) is 6.17 Å². The first-order chi connectivity index (χ1) is 21.3. The topological polar surface area (TPSA) is 42.5 Å². The second-order valence-electron chi connectivity index (χ2n) is 11.2. The minimum Gasteiger partial charge on any atom is -0.451 e. The van der Waals surface area contributed by atoms with Crippen molar-refractivity contribution in [2.24, 2.45) is 4.99 Å². The molecule has 0 aliphatic carbocycles. The monoisotopic (exact) mass is 569 g/mol. The number of nitrogens with zero attached hydrogens (tertiary/aromatic N) is 2. The average Bonchev–Trinajstić information content (AvgIpc) is 3.72. The first-order valence-corrected chi connectivity index (χ1v) is 15.3. The molecule has 5 heteroatoms. The van der Waals surface area contributed by atoms with Gasteiger partial charge < -0.3 is 9.73 Å². The molecule has 0 fully saturated rings. The number of nitrogens with one attached hydrogen (secondary N) is 1. The zero-order valence-electron chi connectivity index (χ0n) is 22.9. The van der Waals surface area contributed by atoms with Crippen molar-refractivity contribution in [2.75, 3.05) is 5.32 Å². The molecule has 4 heterocycles. The number of anilines is 1. The first kappa shape index (κ1) is 23.2. The molecule has 1 unspecified atom stereocenters. The molecular formula is C38H23N3OS. The molecule has 9 aromatic rings. The summed E-state index contributed by atoms with van der Waals surface area (Å²) in [5, 5.41) is 12.2. The van der Waals surface area contributed by atoms with E-state index >= 15 is 0 Å². The van der Waals surface area contributed by atoms with E-state index in [2.05, 4.69) is 125 Å². The maximum atomic E-state index is 6.60. The fraction of sp³-hybridized carbons (Fsp3) is 0.0263. The number of benzene rings is 6. The highest BCUT2D eigenvalue weighted by atomic mass is 32.1. The van der Waals surface area contributed by atoms with Gasteiger partial charge in [0.05, 0.1) is 16.7 Å². The molecule has 0 spiro atoms. The standard InChI is InChI=1S/C38H23N3OS/c1-2-10-23-21-31-28(19-22(23)9-1)25-11-3-6-14-30(25)41(31)38-36-35(27-13-4-7-15-32(27)42-36)39-37(40-38)24-17-18-34-29(20-24)26-12-5-8-16-33(26)43-34/h1-21,37,39H. The second-order valence-corrected chi connectivity index (χ2v) is 12.3. The molecule has 10 rings (SSSR count). The van der Waals surface area contributed by atoms with Gasteiger partial charge in [-0.2, -0.15) is 0 Å². The van der Waals surface area contributed by atoms with Crippen molar-refractivity contribution in [3.05, 3.63) is 139 Å². The lowest BCUT2D eigenvalue weighted by atomic mass is 10.1. The fourth-order valence-corrected chi connectivity index (χ4v) is 7.90. The first-order valence-electron chi connectivity index (χ1n) is 14.5. The summed E-state index contributed by atoms with van der Waals surface area (Å²) in [6.45, 7) is 0. The molecule has 0 radical (unpaired) electrons. The van der Waals surface area contributed by atoms with Gasteiger partial charge in [0.2, 0.25) is 0 Å². The summed E-state index contributed by atoms with van der Waals surface area (Å²) < 4.78 is 11.5. The maximum Gasteiger partial charge on any atom is 0.194 e. The summed E-state index contributed by atoms with van der Waals surface area (Å²) in [6, 6.07) is 45.4. The van der Waals surface area contributed by atoms with Crippen LogP contribution in [0.1, 0.15) is 17.5 Å². The third-order valence-electron chi connectivity index (χ3n) is 8.80. The summed E-state index contributed by atoms with van der Waals surface area (Å²) in [4.78, 5) is 5.46. The van der Waals surface area contributed by atoms with Crippen molar-refractivity contribution >= 4 is 86.6 Å². The van der Waals surface area contributed by atoms with Gasteiger partial charge in [-0.15, -0.1) is 11.3 Å². The third kappa shape index (κ3) is 3.28. The molecule has 3 aromatic heterocycles. The van der Waals surface area contributed by atoms with Crippen LogP contribution in [0.15, 0.2) is 137 Å². The van der Waals surface area contributed by atoms with Gasteiger partial charge in [-0.25, -0.2) is 4.99 Å². The van der Waals surface area contributed by atoms with Crippen LogP contribution in [0.4, 0.5) is 5.69 Å². The number of rotatable bonds is 1. The van der Waals surface area contributed by atoms with E-state index in [9.17, 15) is 0 Å². The van der Waals surface area contributed by atoms with Crippen molar-refractivity contribution in [3.63, 3.8) is 0 Å². The Kier molecular flexibility index (Phi) is 4.62. The van der Waals surface area contributed by atoms with Crippen LogP contribution in [0.2, 0.25) is 0 Å². The number of aliphatic imine (C=N–C) groups is 1. The molecule has 6 aromatic carbocycles. The number of hydrogen-bond acceptors (Lipinski definition) is 4. The molecule has 4 nitrogen and oxygen atoms in total. The van der Waals surface area contributed by atoms with Crippen LogP contribution in [-0.4, -0.2) is 10.4 Å². The molecule has 202 valence electrons. The molecule has 0 saturated heterocycles. The van der Waals surface area contributed by atoms with E-state index in [-0.39, 0.29) is 6.17 Å². The van der Waals surface area contributed by atoms with Gasteiger partial charge in [-0.05, 0) is 64.9 Å². The normalized spacial score (nSPS) is 15.1. The van der Waals surface area contributed by atoms with E-state index in [0.717, 1.165) is 44.8 Å². The lowest BCUT2D eigenvalue weighted by Crippen LogP contribution is -2.23. The zero-order valence-corrected chi connectivity index (χ0v) is 23.7. The Morgan fingerprint density at radius 3 is 2.23 bits per heavy atom. The summed E-state index contributed by atoms with van der Waals surface area (Å²) in [5.74, 6) is 1.57. The number of fused-ring (bicyclic) bond motifs is 10. The van der Waals surface area contributed by atoms with Crippen molar-refractivity contribution in [1.29, 1.82) is 0 Å². The summed E-state index contributed by atoms with van der Waals surface area (Å²) in [7, 11) is 0. The van der Waals surface area contributed by atoms with Gasteiger partial charge in [0.1, 0.15) is 11.7 Å². The molecular weight excluding hydrogens is 547 g/mol. The van der Waals surface area contributed by atoms with E-state index in [1.54, 1.807) is 0 Å². The Balaban J connectivity index is 1.28. The summed E-state index contributed by atoms with van der Waals surface area (Å²) in [6.07, 6.45) is -0.289. The fourth-order valence-electron chi connectivity index (χ4n) is 6.81. The van der Waals surface area contributed by atoms with E-state index in [0.29, 0.717) is 0 Å². The molecule has 1 N–H and O–H groups in total. The van der Waals surface area contributed by atoms with Crippen molar-refractivity contribution in [1.82, 2.24) is 4.57 Å². The second kappa shape index (κ2) is 8.57. The number of para-hydroxylation sites is 2. The molecule has 43 heavy (non-hydrogen) atoms. The van der Waals surface area contributed by atoms with Crippen molar-refractivity contribution < 1.29 is 4.42 Å². The quantitative estimate of drug-likeness (QED) is 0.214. The summed E-state index contributed by atoms with van der Waals surface area (Å²) in [5.41, 5.74) is 5.17. The van der Waals surface area contributed by atoms with Gasteiger partial charge in [-0.3, -0.25) is 4.57 Å². The van der Waals surface area contributed by atoms with Gasteiger partial charge in [0.15, 0.2) is 11.6 Å². The van der Waals surface area contributed by atoms with Crippen LogP contribution >= 0.6 is 11.3 Å². The lowest BCUT2D eigenvalue weighted by molar-refractivity contribution is 0.595. The van der Waals surface area contributed by atoms with Gasteiger partial charge in [0, 0.05) is 36.3 Å². The Hall–Kier alpha value is -5.39. The van der Waals surface area contributed by atoms with Crippen LogP contribution in [-0.2, 0) is 0 Å². The lowest BCUT2D eigenvalue weighted by Gasteiger charge is -2.24. The predicted molar refractivity (Wildman–Crippen MR) is 181 cm³/mol.